The summed E-state index contributed by atoms with van der Waals surface area (Å²) in [5, 5.41) is 32.0. The number of nitrogens with zero attached hydrogens (tertiary/aromatic N) is 18. The fraction of sp³-hybridized carbons (Fsp3) is 0.162. The van der Waals surface area contributed by atoms with Gasteiger partial charge in [-0.15, -0.1) is 49.3 Å². The Morgan fingerprint density at radius 1 is 0.469 bits per heavy atom. The van der Waals surface area contributed by atoms with Crippen LogP contribution in [-0.2, 0) is 46.8 Å². The van der Waals surface area contributed by atoms with Gasteiger partial charge in [-0.25, -0.2) is 65.4 Å². The highest BCUT2D eigenvalue weighted by molar-refractivity contribution is 7.13. The SMILES string of the molecule is CCc1csc(-c2cnn(C)c2C(=O)Cc2ccn3nc(-c4ccccc4)nc3c2)n1.COc1ccccc1-c1nc2cc(CC(=O)c3c(-c4nc(C(F)F)cs4)cnn3C)ccn2n1.Cn1ncc(-c2nc(C(F)F)cs2)c1C(=O)Cc1ccn2nc(-c3cccc(F)c3)nc2c1. The molecule has 12 heterocycles. The van der Waals surface area contributed by atoms with E-state index in [0.717, 1.165) is 67.6 Å². The number of ether oxygens (including phenoxy) is 1. The van der Waals surface area contributed by atoms with Crippen LogP contribution in [0.5, 0.6) is 5.75 Å². The van der Waals surface area contributed by atoms with Crippen molar-refractivity contribution in [1.29, 1.82) is 0 Å². The minimum atomic E-state index is -2.68. The number of Topliss-reactive ketones (excluding diaryl/α,β-unsaturated/α-hetero) is 3. The Hall–Kier alpha value is -11.5. The molecule has 492 valence electrons. The third-order valence-electron chi connectivity index (χ3n) is 15.5. The van der Waals surface area contributed by atoms with E-state index in [1.165, 1.54) is 44.7 Å². The maximum atomic E-state index is 13.5. The van der Waals surface area contributed by atoms with Crippen molar-refractivity contribution in [2.45, 2.75) is 45.5 Å². The number of fused-ring (bicyclic) bond motifs is 3. The molecular formula is C68H53F5N18O4S3. The third-order valence-corrected chi connectivity index (χ3v) is 18.2. The van der Waals surface area contributed by atoms with Crippen molar-refractivity contribution >= 4 is 68.3 Å². The molecule has 22 nitrogen and oxygen atoms in total. The van der Waals surface area contributed by atoms with Gasteiger partial charge in [0, 0.05) is 86.3 Å². The standard InChI is InChI=1S/C23H18F2N6O2S.C23H20N6OS.C22H15F3N6OS/c1-30-20(15(11-26-30)23-27-16(12-34-23)21(24)25)17(32)9-13-7-8-31-19(10-13)28-22(29-31)14-5-3-4-6-18(14)33-2;1-3-17-14-31-23(25-17)18-13-24-28(2)21(18)19(30)11-15-9-10-29-20(12-15)26-22(27-29)16-7-5-4-6-8-16;1-30-19(15(10-26-30)22-27-16(11-33-22)20(24)25)17(32)7-12-5-6-31-18(8-12)28-21(29-31)13-3-2-4-14(23)9-13/h3-8,10-12,21H,9H2,1-2H3;4-10,12-14H,3,11H2,1-2H3;2-6,8-11,20H,7H2,1H3. The molecule has 0 amide bonds. The molecule has 3 aromatic carbocycles. The molecule has 0 aliphatic heterocycles. The van der Waals surface area contributed by atoms with Gasteiger partial charge < -0.3 is 4.74 Å². The van der Waals surface area contributed by atoms with Gasteiger partial charge in [-0.1, -0.05) is 61.5 Å². The van der Waals surface area contributed by atoms with Gasteiger partial charge in [0.25, 0.3) is 12.9 Å². The molecule has 0 unspecified atom stereocenters. The molecule has 15 aromatic rings. The third kappa shape index (κ3) is 13.8. The quantitative estimate of drug-likeness (QED) is 0.0539. The highest BCUT2D eigenvalue weighted by Crippen LogP contribution is 2.35. The number of aryl methyl sites for hydroxylation is 4. The van der Waals surface area contributed by atoms with Gasteiger partial charge in [-0.05, 0) is 83.8 Å². The van der Waals surface area contributed by atoms with Crippen molar-refractivity contribution in [2.75, 3.05) is 7.11 Å². The van der Waals surface area contributed by atoms with Crippen LogP contribution in [0.25, 0.3) is 82.8 Å². The summed E-state index contributed by atoms with van der Waals surface area (Å²) >= 11 is 3.64. The summed E-state index contributed by atoms with van der Waals surface area (Å²) in [4.78, 5) is 65.7. The maximum absolute atomic E-state index is 13.5. The van der Waals surface area contributed by atoms with Gasteiger partial charge in [0.05, 0.1) is 53.6 Å². The topological polar surface area (TPSA) is 243 Å². The summed E-state index contributed by atoms with van der Waals surface area (Å²) in [5.74, 6) is 1.36. The van der Waals surface area contributed by atoms with E-state index >= 15 is 0 Å². The number of methoxy groups -OCH3 is 1. The molecule has 0 bridgehead atoms. The summed E-state index contributed by atoms with van der Waals surface area (Å²) in [7, 11) is 6.63. The molecule has 0 atom stereocenters. The fourth-order valence-electron chi connectivity index (χ4n) is 10.7. The smallest absolute Gasteiger partial charge is 0.281 e. The number of hydrogen-bond acceptors (Lipinski definition) is 19. The molecule has 30 heteroatoms. The number of rotatable bonds is 19. The van der Waals surface area contributed by atoms with Gasteiger partial charge in [0.2, 0.25) is 0 Å². The zero-order valence-corrected chi connectivity index (χ0v) is 54.9. The maximum Gasteiger partial charge on any atom is 0.281 e. The lowest BCUT2D eigenvalue weighted by molar-refractivity contribution is 0.0976. The Morgan fingerprint density at radius 2 is 0.888 bits per heavy atom. The van der Waals surface area contributed by atoms with Crippen LogP contribution in [-0.4, -0.2) is 113 Å². The molecule has 0 saturated carbocycles. The Bertz CT molecular complexity index is 5430. The van der Waals surface area contributed by atoms with Crippen molar-refractivity contribution in [3.63, 3.8) is 0 Å². The summed E-state index contributed by atoms with van der Waals surface area (Å²) < 4.78 is 80.1. The second-order valence-corrected chi connectivity index (χ2v) is 24.6. The van der Waals surface area contributed by atoms with Crippen molar-refractivity contribution in [3.05, 3.63) is 225 Å². The molecule has 98 heavy (non-hydrogen) atoms. The van der Waals surface area contributed by atoms with Gasteiger partial charge in [0.1, 0.15) is 55.1 Å². The van der Waals surface area contributed by atoms with Crippen molar-refractivity contribution in [2.24, 2.45) is 21.1 Å². The second kappa shape index (κ2) is 28.1. The minimum Gasteiger partial charge on any atom is -0.496 e. The first-order valence-electron chi connectivity index (χ1n) is 30.0. The van der Waals surface area contributed by atoms with Crippen LogP contribution in [0.2, 0.25) is 0 Å². The first-order chi connectivity index (χ1) is 47.4. The molecule has 0 N–H and O–H groups in total. The molecule has 12 aromatic heterocycles. The zero-order chi connectivity index (χ0) is 68.3. The van der Waals surface area contributed by atoms with Crippen LogP contribution in [0.1, 0.15) is 85.0 Å². The number of ketones is 3. The number of alkyl halides is 4. The zero-order valence-electron chi connectivity index (χ0n) is 52.4. The first kappa shape index (κ1) is 65.2. The molecule has 0 spiro atoms. The summed E-state index contributed by atoms with van der Waals surface area (Å²) in [6.07, 6.45) is 5.79. The van der Waals surface area contributed by atoms with Gasteiger partial charge in [-0.2, -0.15) is 15.3 Å². The van der Waals surface area contributed by atoms with Crippen LogP contribution in [0.3, 0.4) is 0 Å². The number of hydrogen-bond donors (Lipinski definition) is 0. The lowest BCUT2D eigenvalue weighted by Gasteiger charge is -2.05. The monoisotopic (exact) mass is 1380 g/mol. The Morgan fingerprint density at radius 3 is 1.33 bits per heavy atom. The first-order valence-corrected chi connectivity index (χ1v) is 32.7. The number of aromatic nitrogens is 18. The van der Waals surface area contributed by atoms with E-state index in [-0.39, 0.29) is 59.5 Å². The number of halogens is 5. The molecule has 0 aliphatic rings. The second-order valence-electron chi connectivity index (χ2n) is 22.0. The highest BCUT2D eigenvalue weighted by Gasteiger charge is 2.26. The highest BCUT2D eigenvalue weighted by atomic mass is 32.1. The molecule has 15 rings (SSSR count). The van der Waals surface area contributed by atoms with Crippen LogP contribution >= 0.6 is 34.0 Å². The Kier molecular flexibility index (Phi) is 18.7. The minimum absolute atomic E-state index is 0.00426. The predicted molar refractivity (Wildman–Crippen MR) is 358 cm³/mol. The number of carbonyl (C=O) groups excluding carboxylic acids is 3. The number of thiazole rings is 3. The Balaban J connectivity index is 0.000000132. The molecule has 0 radical (unpaired) electrons. The number of benzene rings is 3. The van der Waals surface area contributed by atoms with E-state index in [2.05, 4.69) is 67.4 Å². The number of pyridine rings is 3. The summed E-state index contributed by atoms with van der Waals surface area (Å²) in [6.45, 7) is 2.07. The van der Waals surface area contributed by atoms with Crippen molar-refractivity contribution < 1.29 is 41.1 Å². The van der Waals surface area contributed by atoms with Crippen LogP contribution in [0.4, 0.5) is 22.0 Å². The van der Waals surface area contributed by atoms with Gasteiger partial charge in [0.15, 0.2) is 51.8 Å². The van der Waals surface area contributed by atoms with Crippen LogP contribution in [0.15, 0.2) is 169 Å². The number of para-hydroxylation sites is 1. The molecular weight excluding hydrogens is 1320 g/mol. The van der Waals surface area contributed by atoms with Crippen LogP contribution in [0, 0.1) is 5.82 Å². The normalized spacial score (nSPS) is 11.4. The predicted octanol–water partition coefficient (Wildman–Crippen LogP) is 13.6. The van der Waals surface area contributed by atoms with E-state index in [1.54, 1.807) is 113 Å². The molecule has 0 aliphatic carbocycles. The molecule has 0 fully saturated rings. The van der Waals surface area contributed by atoms with E-state index in [9.17, 15) is 36.3 Å². The van der Waals surface area contributed by atoms with E-state index in [0.29, 0.717) is 83.8 Å². The van der Waals surface area contributed by atoms with Crippen LogP contribution < -0.4 is 4.74 Å². The number of carbonyl (C=O) groups is 3. The lowest BCUT2D eigenvalue weighted by Crippen LogP contribution is -2.11. The largest absolute Gasteiger partial charge is 0.496 e. The average molecular weight is 1380 g/mol. The Labute approximate surface area is 565 Å². The van der Waals surface area contributed by atoms with Gasteiger partial charge in [-0.3, -0.25) is 28.4 Å². The summed E-state index contributed by atoms with van der Waals surface area (Å²) in [5.41, 5.74) is 9.54. The van der Waals surface area contributed by atoms with E-state index < -0.39 is 12.9 Å². The molecule has 0 saturated heterocycles. The van der Waals surface area contributed by atoms with Crippen molar-refractivity contribution in [3.8, 4) is 71.6 Å². The summed E-state index contributed by atoms with van der Waals surface area (Å²) in [6, 6.07) is 34.1. The fourth-order valence-corrected chi connectivity index (χ4v) is 13.3. The average Bonchev–Trinajstić information content (AvgIpc) is 1.67. The van der Waals surface area contributed by atoms with E-state index in [1.807, 2.05) is 78.3 Å². The lowest BCUT2D eigenvalue weighted by atomic mass is 10.1. The van der Waals surface area contributed by atoms with E-state index in [4.69, 9.17) is 4.74 Å². The van der Waals surface area contributed by atoms with Crippen molar-refractivity contribution in [1.82, 2.24) is 88.1 Å². The van der Waals surface area contributed by atoms with Gasteiger partial charge >= 0.3 is 0 Å².